The summed E-state index contributed by atoms with van der Waals surface area (Å²) in [7, 11) is -3.64. The molecule has 0 aliphatic heterocycles. The maximum absolute atomic E-state index is 10.7. The number of carbonyl (C=O) groups excluding carboxylic acids is 1. The third kappa shape index (κ3) is 6.18. The minimum atomic E-state index is -3.64. The molecule has 0 aliphatic carbocycles. The Kier molecular flexibility index (Phi) is 4.51. The third-order valence-corrected chi connectivity index (χ3v) is 2.39. The molecule has 0 aliphatic rings. The van der Waals surface area contributed by atoms with Gasteiger partial charge in [-0.05, 0) is 12.2 Å². The van der Waals surface area contributed by atoms with Gasteiger partial charge < -0.3 is 4.18 Å². The van der Waals surface area contributed by atoms with Crippen LogP contribution in [0.4, 0.5) is 0 Å². The van der Waals surface area contributed by atoms with E-state index in [2.05, 4.69) is 16.8 Å². The molecule has 0 amide bonds. The van der Waals surface area contributed by atoms with Gasteiger partial charge in [0, 0.05) is 6.92 Å². The Morgan fingerprint density at radius 2 is 2.09 bits per heavy atom. The van der Waals surface area contributed by atoms with Crippen LogP contribution in [-0.4, -0.2) is 25.9 Å². The van der Waals surface area contributed by atoms with Crippen molar-refractivity contribution in [3.05, 3.63) is 0 Å². The molecule has 0 atom stereocenters. The van der Waals surface area contributed by atoms with E-state index in [4.69, 9.17) is 0 Å². The van der Waals surface area contributed by atoms with E-state index in [0.717, 1.165) is 6.92 Å². The average molecular weight is 198 g/mol. The van der Waals surface area contributed by atoms with Crippen molar-refractivity contribution in [3.8, 4) is 0 Å². The summed E-state index contributed by atoms with van der Waals surface area (Å²) in [5, 5.41) is 0. The highest BCUT2D eigenvalue weighted by molar-refractivity contribution is 7.87. The molecule has 0 rings (SSSR count). The van der Waals surface area contributed by atoms with Gasteiger partial charge in [-0.25, -0.2) is 0 Å². The Labute approximate surface area is 71.5 Å². The number of thiol groups is 1. The van der Waals surface area contributed by atoms with Crippen LogP contribution in [0.3, 0.4) is 0 Å². The third-order valence-electron chi connectivity index (χ3n) is 0.797. The topological polar surface area (TPSA) is 60.4 Å². The van der Waals surface area contributed by atoms with Crippen LogP contribution in [0.25, 0.3) is 0 Å². The van der Waals surface area contributed by atoms with E-state index >= 15 is 0 Å². The lowest BCUT2D eigenvalue weighted by molar-refractivity contribution is -0.131. The summed E-state index contributed by atoms with van der Waals surface area (Å²) in [5.74, 6) is -0.500. The van der Waals surface area contributed by atoms with Gasteiger partial charge in [-0.2, -0.15) is 21.0 Å². The number of hydrogen-bond acceptors (Lipinski definition) is 5. The summed E-state index contributed by atoms with van der Waals surface area (Å²) in [6, 6.07) is 0. The van der Waals surface area contributed by atoms with Gasteiger partial charge in [0.2, 0.25) is 0 Å². The highest BCUT2D eigenvalue weighted by atomic mass is 32.2. The molecule has 0 aromatic carbocycles. The van der Waals surface area contributed by atoms with E-state index in [1.54, 1.807) is 0 Å². The molecule has 0 unspecified atom stereocenters. The number of hydrogen-bond donors (Lipinski definition) is 1. The summed E-state index contributed by atoms with van der Waals surface area (Å²) in [6.45, 7) is 1.05. The first-order chi connectivity index (χ1) is 4.98. The fraction of sp³-hybridized carbons (Fsp3) is 0.800. The lowest BCUT2D eigenvalue weighted by Gasteiger charge is -2.00. The van der Waals surface area contributed by atoms with Gasteiger partial charge in [-0.15, -0.1) is 0 Å². The standard InChI is InChI=1S/C5H10O4S2/c1-5(6)9-11(7,8)4-2-3-10/h10H,2-4H2,1H3. The zero-order valence-electron chi connectivity index (χ0n) is 6.11. The SMILES string of the molecule is CC(=O)OS(=O)(=O)CCCS. The normalized spacial score (nSPS) is 11.1. The quantitative estimate of drug-likeness (QED) is 0.518. The zero-order valence-corrected chi connectivity index (χ0v) is 7.82. The molecule has 4 nitrogen and oxygen atoms in total. The molecule has 0 radical (unpaired) electrons. The molecule has 0 aromatic heterocycles. The van der Waals surface area contributed by atoms with Crippen LogP contribution in [0.2, 0.25) is 0 Å². The predicted octanol–water partition coefficient (Wildman–Crippen LogP) is 0.199. The zero-order chi connectivity index (χ0) is 8.91. The fourth-order valence-electron chi connectivity index (χ4n) is 0.462. The molecule has 0 bridgehead atoms. The van der Waals surface area contributed by atoms with Crippen LogP contribution in [0, 0.1) is 0 Å². The molecule has 0 N–H and O–H groups in total. The molecule has 0 fully saturated rings. The molecule has 0 saturated heterocycles. The van der Waals surface area contributed by atoms with Crippen LogP contribution in [0.1, 0.15) is 13.3 Å². The van der Waals surface area contributed by atoms with Crippen molar-refractivity contribution in [2.45, 2.75) is 13.3 Å². The first kappa shape index (κ1) is 10.8. The second-order valence-electron chi connectivity index (χ2n) is 1.91. The van der Waals surface area contributed by atoms with Crippen molar-refractivity contribution in [2.24, 2.45) is 0 Å². The second kappa shape index (κ2) is 4.61. The molecule has 6 heteroatoms. The summed E-state index contributed by atoms with van der Waals surface area (Å²) in [4.78, 5) is 10.2. The van der Waals surface area contributed by atoms with E-state index in [1.165, 1.54) is 0 Å². The van der Waals surface area contributed by atoms with Gasteiger partial charge in [0.05, 0.1) is 5.75 Å². The number of rotatable bonds is 4. The Morgan fingerprint density at radius 3 is 2.45 bits per heavy atom. The molecule has 0 saturated carbocycles. The van der Waals surface area contributed by atoms with Gasteiger partial charge >= 0.3 is 16.1 Å². The van der Waals surface area contributed by atoms with Gasteiger partial charge in [0.25, 0.3) is 0 Å². The second-order valence-corrected chi connectivity index (χ2v) is 4.05. The highest BCUT2D eigenvalue weighted by Crippen LogP contribution is 1.97. The van der Waals surface area contributed by atoms with Crippen molar-refractivity contribution in [1.82, 2.24) is 0 Å². The maximum Gasteiger partial charge on any atom is 0.319 e. The summed E-state index contributed by atoms with van der Waals surface area (Å²) < 4.78 is 25.5. The lowest BCUT2D eigenvalue weighted by atomic mass is 10.6. The van der Waals surface area contributed by atoms with Crippen molar-refractivity contribution in [3.63, 3.8) is 0 Å². The van der Waals surface area contributed by atoms with E-state index in [1.807, 2.05) is 0 Å². The Hall–Kier alpha value is -0.230. The van der Waals surface area contributed by atoms with Crippen molar-refractivity contribution in [1.29, 1.82) is 0 Å². The van der Waals surface area contributed by atoms with E-state index < -0.39 is 16.1 Å². The smallest absolute Gasteiger partial charge is 0.319 e. The van der Waals surface area contributed by atoms with Gasteiger partial charge in [0.15, 0.2) is 0 Å². The molecular weight excluding hydrogens is 188 g/mol. The van der Waals surface area contributed by atoms with E-state index in [-0.39, 0.29) is 5.75 Å². The first-order valence-electron chi connectivity index (χ1n) is 3.01. The molecular formula is C5H10O4S2. The molecule has 0 spiro atoms. The molecule has 66 valence electrons. The summed E-state index contributed by atoms with van der Waals surface area (Å²) >= 11 is 3.82. The number of carbonyl (C=O) groups is 1. The van der Waals surface area contributed by atoms with Gasteiger partial charge in [-0.1, -0.05) is 0 Å². The summed E-state index contributed by atoms with van der Waals surface area (Å²) in [6.07, 6.45) is 0.388. The van der Waals surface area contributed by atoms with E-state index in [0.29, 0.717) is 12.2 Å². The summed E-state index contributed by atoms with van der Waals surface area (Å²) in [5.41, 5.74) is 0. The van der Waals surface area contributed by atoms with E-state index in [9.17, 15) is 13.2 Å². The van der Waals surface area contributed by atoms with Gasteiger partial charge in [0.1, 0.15) is 0 Å². The minimum absolute atomic E-state index is 0.157. The van der Waals surface area contributed by atoms with Crippen LogP contribution < -0.4 is 0 Å². The fourth-order valence-corrected chi connectivity index (χ4v) is 1.77. The largest absolute Gasteiger partial charge is 0.346 e. The first-order valence-corrected chi connectivity index (χ1v) is 5.22. The Bertz CT molecular complexity index is 219. The predicted molar refractivity (Wildman–Crippen MR) is 44.0 cm³/mol. The molecule has 11 heavy (non-hydrogen) atoms. The van der Waals surface area contributed by atoms with Crippen molar-refractivity contribution >= 4 is 28.7 Å². The Morgan fingerprint density at radius 1 is 1.55 bits per heavy atom. The Balaban J connectivity index is 3.92. The van der Waals surface area contributed by atoms with Crippen LogP contribution in [0.5, 0.6) is 0 Å². The van der Waals surface area contributed by atoms with Crippen molar-refractivity contribution in [2.75, 3.05) is 11.5 Å². The van der Waals surface area contributed by atoms with Crippen LogP contribution in [-0.2, 0) is 19.1 Å². The maximum atomic E-state index is 10.7. The van der Waals surface area contributed by atoms with Gasteiger partial charge in [-0.3, -0.25) is 4.79 Å². The minimum Gasteiger partial charge on any atom is -0.346 e. The molecule has 0 heterocycles. The average Bonchev–Trinajstić information content (AvgIpc) is 1.81. The van der Waals surface area contributed by atoms with Crippen LogP contribution in [0.15, 0.2) is 0 Å². The molecule has 0 aromatic rings. The lowest BCUT2D eigenvalue weighted by Crippen LogP contribution is -2.14. The van der Waals surface area contributed by atoms with Crippen LogP contribution >= 0.6 is 12.6 Å². The monoisotopic (exact) mass is 198 g/mol. The van der Waals surface area contributed by atoms with Crippen molar-refractivity contribution < 1.29 is 17.4 Å². The highest BCUT2D eigenvalue weighted by Gasteiger charge is 2.12.